The largest absolute Gasteiger partial charge is 0.356 e. The summed E-state index contributed by atoms with van der Waals surface area (Å²) in [5.41, 5.74) is 1.79. The van der Waals surface area contributed by atoms with Crippen LogP contribution in [0.15, 0.2) is 16.9 Å². The predicted molar refractivity (Wildman–Crippen MR) is 50.0 cm³/mol. The molecule has 2 rings (SSSR count). The Morgan fingerprint density at radius 3 is 3.17 bits per heavy atom. The van der Waals surface area contributed by atoms with Gasteiger partial charge in [-0.2, -0.15) is 0 Å². The number of hydrogen-bond donors (Lipinski definition) is 2. The Balaban J connectivity index is 2.55. The molecule has 2 heterocycles. The van der Waals surface area contributed by atoms with Gasteiger partial charge in [-0.3, -0.25) is 0 Å². The zero-order chi connectivity index (χ0) is 8.72. The molecule has 0 spiro atoms. The quantitative estimate of drug-likeness (QED) is 0.652. The molecule has 1 aliphatic heterocycles. The molecule has 1 atom stereocenters. The van der Waals surface area contributed by atoms with Crippen molar-refractivity contribution in [2.45, 2.75) is 6.35 Å². The van der Waals surface area contributed by atoms with E-state index in [4.69, 9.17) is 0 Å². The van der Waals surface area contributed by atoms with Crippen LogP contribution in [0.1, 0.15) is 0 Å². The van der Waals surface area contributed by atoms with Gasteiger partial charge in [0, 0.05) is 13.2 Å². The number of pyridine rings is 1. The van der Waals surface area contributed by atoms with Gasteiger partial charge in [0.2, 0.25) is 6.35 Å². The van der Waals surface area contributed by atoms with Crippen molar-refractivity contribution in [2.75, 3.05) is 17.3 Å². The molecule has 0 bridgehead atoms. The van der Waals surface area contributed by atoms with E-state index in [9.17, 15) is 5.11 Å². The van der Waals surface area contributed by atoms with Crippen LogP contribution in [0.3, 0.4) is 0 Å². The lowest BCUT2D eigenvalue weighted by molar-refractivity contribution is 0.210. The minimum absolute atomic E-state index is 0.652. The Morgan fingerprint density at radius 2 is 2.50 bits per heavy atom. The van der Waals surface area contributed by atoms with Gasteiger partial charge in [0.15, 0.2) is 0 Å². The molecule has 0 radical (unpaired) electrons. The van der Waals surface area contributed by atoms with E-state index in [2.05, 4.69) is 26.2 Å². The monoisotopic (exact) mass is 229 g/mol. The lowest BCUT2D eigenvalue weighted by atomic mass is 10.3. The molecule has 0 aromatic carbocycles. The molecule has 0 amide bonds. The second kappa shape index (κ2) is 2.60. The summed E-state index contributed by atoms with van der Waals surface area (Å²) in [5, 5.41) is 12.3. The van der Waals surface area contributed by atoms with E-state index in [1.54, 1.807) is 18.1 Å². The summed E-state index contributed by atoms with van der Waals surface area (Å²) < 4.78 is 0.742. The van der Waals surface area contributed by atoms with Crippen molar-refractivity contribution in [1.82, 2.24) is 4.98 Å². The fourth-order valence-electron chi connectivity index (χ4n) is 1.24. The molecule has 5 heteroatoms. The van der Waals surface area contributed by atoms with Crippen LogP contribution in [0.25, 0.3) is 0 Å². The highest BCUT2D eigenvalue weighted by Gasteiger charge is 2.25. The van der Waals surface area contributed by atoms with E-state index in [1.165, 1.54) is 0 Å². The van der Waals surface area contributed by atoms with E-state index in [0.29, 0.717) is 0 Å². The Morgan fingerprint density at radius 1 is 1.75 bits per heavy atom. The Hall–Kier alpha value is -0.810. The predicted octanol–water partition coefficient (Wildman–Crippen LogP) is 0.982. The number of hydrogen-bond acceptors (Lipinski definition) is 4. The highest BCUT2D eigenvalue weighted by atomic mass is 79.9. The minimum Gasteiger partial charge on any atom is -0.356 e. The maximum absolute atomic E-state index is 9.41. The zero-order valence-electron chi connectivity index (χ0n) is 6.45. The molecule has 4 nitrogen and oxygen atoms in total. The van der Waals surface area contributed by atoms with Gasteiger partial charge in [0.05, 0.1) is 11.4 Å². The van der Waals surface area contributed by atoms with Crippen LogP contribution < -0.4 is 10.2 Å². The molecule has 64 valence electrons. The number of aliphatic hydroxyl groups excluding tert-OH is 1. The van der Waals surface area contributed by atoms with E-state index < -0.39 is 6.35 Å². The van der Waals surface area contributed by atoms with Gasteiger partial charge >= 0.3 is 0 Å². The number of aliphatic hydroxyl groups is 1. The number of fused-ring (bicyclic) bond motifs is 1. The van der Waals surface area contributed by atoms with Crippen molar-refractivity contribution in [2.24, 2.45) is 0 Å². The third kappa shape index (κ3) is 0.971. The van der Waals surface area contributed by atoms with Crippen molar-refractivity contribution in [3.8, 4) is 0 Å². The highest BCUT2D eigenvalue weighted by molar-refractivity contribution is 9.10. The van der Waals surface area contributed by atoms with Crippen LogP contribution in [0.5, 0.6) is 0 Å². The summed E-state index contributed by atoms with van der Waals surface area (Å²) in [5.74, 6) is 0. The maximum atomic E-state index is 9.41. The van der Waals surface area contributed by atoms with E-state index in [-0.39, 0.29) is 0 Å². The second-order valence-corrected chi connectivity index (χ2v) is 3.38. The maximum Gasteiger partial charge on any atom is 0.205 e. The van der Waals surface area contributed by atoms with Crippen LogP contribution in [0.2, 0.25) is 0 Å². The first-order valence-corrected chi connectivity index (χ1v) is 4.31. The average Bonchev–Trinajstić information content (AvgIpc) is 2.29. The smallest absolute Gasteiger partial charge is 0.205 e. The van der Waals surface area contributed by atoms with Crippen molar-refractivity contribution in [1.29, 1.82) is 0 Å². The molecule has 1 aromatic heterocycles. The number of aromatic nitrogens is 1. The molecule has 0 saturated carbocycles. The van der Waals surface area contributed by atoms with Gasteiger partial charge in [-0.05, 0) is 22.0 Å². The van der Waals surface area contributed by atoms with Crippen LogP contribution >= 0.6 is 15.9 Å². The molecular formula is C7H8BrN3O. The average molecular weight is 230 g/mol. The Bertz CT molecular complexity index is 318. The van der Waals surface area contributed by atoms with Crippen molar-refractivity contribution in [3.63, 3.8) is 0 Å². The molecule has 12 heavy (non-hydrogen) atoms. The number of halogens is 1. The fourth-order valence-corrected chi connectivity index (χ4v) is 1.85. The lowest BCUT2D eigenvalue weighted by Gasteiger charge is -2.15. The van der Waals surface area contributed by atoms with Crippen molar-refractivity contribution < 1.29 is 5.11 Å². The Labute approximate surface area is 78.3 Å². The van der Waals surface area contributed by atoms with Gasteiger partial charge in [-0.1, -0.05) is 0 Å². The highest BCUT2D eigenvalue weighted by Crippen LogP contribution is 2.37. The van der Waals surface area contributed by atoms with Gasteiger partial charge in [0.1, 0.15) is 4.60 Å². The summed E-state index contributed by atoms with van der Waals surface area (Å²) >= 11 is 3.31. The topological polar surface area (TPSA) is 48.4 Å². The first-order chi connectivity index (χ1) is 5.70. The summed E-state index contributed by atoms with van der Waals surface area (Å²) in [6, 6.07) is 1.83. The van der Waals surface area contributed by atoms with Crippen molar-refractivity contribution in [3.05, 3.63) is 16.9 Å². The van der Waals surface area contributed by atoms with E-state index in [0.717, 1.165) is 16.0 Å². The lowest BCUT2D eigenvalue weighted by Crippen LogP contribution is -2.31. The van der Waals surface area contributed by atoms with Crippen LogP contribution in [0.4, 0.5) is 11.4 Å². The standard InChI is InChI=1S/C7H8BrN3O/c1-11-5-4(10-7(11)12)2-3-9-6(5)8/h2-3,7,10,12H,1H3. The van der Waals surface area contributed by atoms with Gasteiger partial charge in [-0.25, -0.2) is 4.98 Å². The molecule has 0 saturated heterocycles. The second-order valence-electron chi connectivity index (χ2n) is 2.63. The van der Waals surface area contributed by atoms with Crippen LogP contribution in [-0.2, 0) is 0 Å². The number of nitrogens with one attached hydrogen (secondary N) is 1. The normalized spacial score (nSPS) is 20.6. The molecule has 0 fully saturated rings. The molecule has 1 aromatic rings. The summed E-state index contributed by atoms with van der Waals surface area (Å²) in [6.45, 7) is 0. The SMILES string of the molecule is CN1c2c(ccnc2Br)NC1O. The first-order valence-electron chi connectivity index (χ1n) is 3.52. The van der Waals surface area contributed by atoms with Gasteiger partial charge in [-0.15, -0.1) is 0 Å². The van der Waals surface area contributed by atoms with Crippen LogP contribution in [0, 0.1) is 0 Å². The number of nitrogens with zero attached hydrogens (tertiary/aromatic N) is 2. The summed E-state index contributed by atoms with van der Waals surface area (Å²) in [7, 11) is 1.80. The number of anilines is 2. The molecule has 0 aliphatic carbocycles. The molecule has 1 aliphatic rings. The van der Waals surface area contributed by atoms with Crippen LogP contribution in [-0.4, -0.2) is 23.5 Å². The summed E-state index contributed by atoms with van der Waals surface area (Å²) in [6.07, 6.45) is 1.03. The van der Waals surface area contributed by atoms with E-state index >= 15 is 0 Å². The summed E-state index contributed by atoms with van der Waals surface area (Å²) in [4.78, 5) is 5.77. The van der Waals surface area contributed by atoms with Gasteiger partial charge < -0.3 is 15.3 Å². The third-order valence-electron chi connectivity index (χ3n) is 1.88. The zero-order valence-corrected chi connectivity index (χ0v) is 8.04. The fraction of sp³-hybridized carbons (Fsp3) is 0.286. The van der Waals surface area contributed by atoms with Crippen molar-refractivity contribution >= 4 is 27.3 Å². The molecule has 1 unspecified atom stereocenters. The first kappa shape index (κ1) is 7.82. The van der Waals surface area contributed by atoms with E-state index in [1.807, 2.05) is 6.07 Å². The Kier molecular flexibility index (Phi) is 1.69. The minimum atomic E-state index is -0.652. The third-order valence-corrected chi connectivity index (χ3v) is 2.46. The van der Waals surface area contributed by atoms with Gasteiger partial charge in [0.25, 0.3) is 0 Å². The number of rotatable bonds is 0. The molecular weight excluding hydrogens is 222 g/mol. The molecule has 2 N–H and O–H groups in total.